The molecule has 0 bridgehead atoms. The lowest BCUT2D eigenvalue weighted by molar-refractivity contribution is -0.145. The summed E-state index contributed by atoms with van der Waals surface area (Å²) in [5.74, 6) is -2.40. The summed E-state index contributed by atoms with van der Waals surface area (Å²) in [4.78, 5) is 23.3. The molecule has 4 rings (SSSR count). The van der Waals surface area contributed by atoms with Crippen molar-refractivity contribution in [3.05, 3.63) is 72.3 Å². The number of nitrogens with zero attached hydrogens (tertiary/aromatic N) is 4. The number of aromatic nitrogens is 3. The molecule has 1 saturated heterocycles. The Morgan fingerprint density at radius 2 is 1.69 bits per heavy atom. The molecule has 0 N–H and O–H groups in total. The molecule has 36 heavy (non-hydrogen) atoms. The third kappa shape index (κ3) is 5.57. The number of benzene rings is 1. The van der Waals surface area contributed by atoms with Crippen LogP contribution in [0.15, 0.2) is 60.0 Å². The number of Topliss-reactive ketones (excluding diaryl/α,β-unsaturated/α-hetero) is 1. The van der Waals surface area contributed by atoms with Gasteiger partial charge in [0.25, 0.3) is 0 Å². The first-order valence-corrected chi connectivity index (χ1v) is 12.2. The largest absolute Gasteiger partial charge is 0.451 e. The summed E-state index contributed by atoms with van der Waals surface area (Å²) in [7, 11) is -4.22. The van der Waals surface area contributed by atoms with Gasteiger partial charge in [-0.3, -0.25) is 9.78 Å². The molecule has 1 aromatic carbocycles. The maximum atomic E-state index is 14.2. The normalized spacial score (nSPS) is 18.9. The number of carbonyl (C=O) groups is 1. The first-order chi connectivity index (χ1) is 16.9. The second-order valence-corrected chi connectivity index (χ2v) is 10.1. The number of halogens is 5. The minimum atomic E-state index is -4.67. The summed E-state index contributed by atoms with van der Waals surface area (Å²) in [5.41, 5.74) is 1.28. The van der Waals surface area contributed by atoms with Crippen molar-refractivity contribution in [2.24, 2.45) is 0 Å². The van der Waals surface area contributed by atoms with Crippen LogP contribution in [0.2, 0.25) is 0 Å². The Bertz CT molecular complexity index is 1350. The van der Waals surface area contributed by atoms with Gasteiger partial charge >= 0.3 is 6.18 Å². The number of rotatable bonds is 7. The molecule has 0 amide bonds. The second kappa shape index (κ2) is 9.97. The van der Waals surface area contributed by atoms with Gasteiger partial charge in [0.2, 0.25) is 15.8 Å². The van der Waals surface area contributed by atoms with E-state index in [1.54, 1.807) is 6.07 Å². The molecule has 1 aliphatic rings. The molecule has 2 aromatic heterocycles. The molecule has 7 nitrogen and oxygen atoms in total. The van der Waals surface area contributed by atoms with Crippen LogP contribution in [0.25, 0.3) is 11.1 Å². The Morgan fingerprint density at radius 1 is 1.03 bits per heavy atom. The Hall–Kier alpha value is -3.32. The molecule has 0 spiro atoms. The molecule has 0 unspecified atom stereocenters. The van der Waals surface area contributed by atoms with Crippen LogP contribution < -0.4 is 0 Å². The Morgan fingerprint density at radius 3 is 2.33 bits per heavy atom. The van der Waals surface area contributed by atoms with Crippen LogP contribution in [0.1, 0.15) is 24.2 Å². The van der Waals surface area contributed by atoms with E-state index in [4.69, 9.17) is 0 Å². The fraction of sp³-hybridized carbons (Fsp3) is 0.304. The van der Waals surface area contributed by atoms with E-state index in [-0.39, 0.29) is 29.7 Å². The zero-order valence-corrected chi connectivity index (χ0v) is 19.3. The Kier molecular flexibility index (Phi) is 7.14. The fourth-order valence-electron chi connectivity index (χ4n) is 3.90. The summed E-state index contributed by atoms with van der Waals surface area (Å²) >= 11 is 0. The van der Waals surface area contributed by atoms with Gasteiger partial charge in [0.1, 0.15) is 12.0 Å². The highest BCUT2D eigenvalue weighted by Crippen LogP contribution is 2.30. The van der Waals surface area contributed by atoms with Crippen LogP contribution in [0.3, 0.4) is 0 Å². The smallest absolute Gasteiger partial charge is 0.298 e. The third-order valence-electron chi connectivity index (χ3n) is 5.69. The maximum absolute atomic E-state index is 14.2. The van der Waals surface area contributed by atoms with E-state index in [9.17, 15) is 35.2 Å². The molecule has 0 radical (unpaired) electrons. The van der Waals surface area contributed by atoms with Crippen molar-refractivity contribution < 1.29 is 35.2 Å². The first kappa shape index (κ1) is 25.8. The number of hydrogen-bond donors (Lipinski definition) is 0. The van der Waals surface area contributed by atoms with Gasteiger partial charge in [-0.1, -0.05) is 0 Å². The zero-order valence-electron chi connectivity index (χ0n) is 18.5. The predicted octanol–water partition coefficient (Wildman–Crippen LogP) is 4.00. The van der Waals surface area contributed by atoms with Crippen LogP contribution >= 0.6 is 0 Å². The lowest BCUT2D eigenvalue weighted by Crippen LogP contribution is -2.40. The van der Waals surface area contributed by atoms with Crippen LogP contribution in [0.4, 0.5) is 22.0 Å². The molecule has 3 aromatic rings. The molecule has 3 heterocycles. The van der Waals surface area contributed by atoms with E-state index in [0.717, 1.165) is 41.0 Å². The average molecular weight is 526 g/mol. The molecule has 0 saturated carbocycles. The average Bonchev–Trinajstić information content (AvgIpc) is 3.25. The lowest BCUT2D eigenvalue weighted by Gasteiger charge is -2.22. The van der Waals surface area contributed by atoms with Crippen molar-refractivity contribution in [1.29, 1.82) is 0 Å². The number of alkyl halides is 4. The molecule has 13 heteroatoms. The number of carbonyl (C=O) groups excluding carboxylic acids is 1. The fourth-order valence-corrected chi connectivity index (χ4v) is 5.54. The summed E-state index contributed by atoms with van der Waals surface area (Å²) in [5, 5.41) is 0. The Labute approximate surface area is 203 Å². The van der Waals surface area contributed by atoms with Crippen LogP contribution in [0.5, 0.6) is 0 Å². The lowest BCUT2D eigenvalue weighted by atomic mass is 10.0. The van der Waals surface area contributed by atoms with Crippen molar-refractivity contribution in [3.8, 4) is 11.1 Å². The van der Waals surface area contributed by atoms with Gasteiger partial charge in [-0.15, -0.1) is 0 Å². The van der Waals surface area contributed by atoms with Crippen molar-refractivity contribution in [2.75, 3.05) is 6.54 Å². The number of hydrogen-bond acceptors (Lipinski definition) is 6. The van der Waals surface area contributed by atoms with Crippen molar-refractivity contribution in [3.63, 3.8) is 0 Å². The second-order valence-electron chi connectivity index (χ2n) is 8.22. The molecular weight excluding hydrogens is 507 g/mol. The number of ketones is 1. The van der Waals surface area contributed by atoms with Gasteiger partial charge in [-0.25, -0.2) is 27.2 Å². The minimum Gasteiger partial charge on any atom is -0.298 e. The third-order valence-corrected chi connectivity index (χ3v) is 7.58. The first-order valence-electron chi connectivity index (χ1n) is 10.7. The molecule has 190 valence electrons. The molecule has 1 fully saturated rings. The molecule has 1 aliphatic heterocycles. The van der Waals surface area contributed by atoms with Gasteiger partial charge in [-0.2, -0.15) is 17.5 Å². The van der Waals surface area contributed by atoms with Gasteiger partial charge in [-0.05, 0) is 42.3 Å². The summed E-state index contributed by atoms with van der Waals surface area (Å²) in [6.45, 7) is -0.485. The summed E-state index contributed by atoms with van der Waals surface area (Å²) in [6, 6.07) is 4.43. The zero-order chi connectivity index (χ0) is 26.1. The Balaban J connectivity index is 1.46. The number of sulfonamides is 1. The highest BCUT2D eigenvalue weighted by Gasteiger charge is 2.43. The predicted molar refractivity (Wildman–Crippen MR) is 117 cm³/mol. The summed E-state index contributed by atoms with van der Waals surface area (Å²) in [6.07, 6.45) is -1.59. The minimum absolute atomic E-state index is 0.124. The summed E-state index contributed by atoms with van der Waals surface area (Å²) < 4.78 is 92.2. The van der Waals surface area contributed by atoms with Crippen molar-refractivity contribution >= 4 is 15.8 Å². The SMILES string of the molecule is O=C(CCc1cncc(-c2cnc(C(F)(F)F)nc2)c1)[C@@H]1C[C@@H](F)CN1S(=O)(=O)c1ccc(F)cc1. The quantitative estimate of drug-likeness (QED) is 0.432. The van der Waals surface area contributed by atoms with Gasteiger partial charge in [0, 0.05) is 55.3 Å². The van der Waals surface area contributed by atoms with Crippen LogP contribution in [-0.2, 0) is 27.4 Å². The van der Waals surface area contributed by atoms with E-state index < -0.39 is 52.4 Å². The molecule has 2 atom stereocenters. The van der Waals surface area contributed by atoms with E-state index in [0.29, 0.717) is 11.1 Å². The standard InChI is InChI=1S/C23H19F5N4O3S/c24-17-2-4-19(5-3-17)36(34,35)32-13-18(25)8-20(32)21(33)6-1-14-7-15(10-29-9-14)16-11-30-22(31-12-16)23(26,27)28/h2-5,7,9-12,18,20H,1,6,8,13H2/t18-,20+/m1/s1. The molecule has 0 aliphatic carbocycles. The van der Waals surface area contributed by atoms with E-state index in [1.807, 2.05) is 0 Å². The van der Waals surface area contributed by atoms with Gasteiger partial charge < -0.3 is 0 Å². The van der Waals surface area contributed by atoms with Gasteiger partial charge in [0.15, 0.2) is 5.78 Å². The van der Waals surface area contributed by atoms with Crippen molar-refractivity contribution in [1.82, 2.24) is 19.3 Å². The molecular formula is C23H19F5N4O3S. The number of aryl methyl sites for hydroxylation is 1. The van der Waals surface area contributed by atoms with Crippen LogP contribution in [0, 0.1) is 5.82 Å². The highest BCUT2D eigenvalue weighted by atomic mass is 32.2. The van der Waals surface area contributed by atoms with E-state index in [2.05, 4.69) is 15.0 Å². The topological polar surface area (TPSA) is 93.1 Å². The van der Waals surface area contributed by atoms with E-state index in [1.165, 1.54) is 12.4 Å². The van der Waals surface area contributed by atoms with Crippen molar-refractivity contribution in [2.45, 2.75) is 42.5 Å². The van der Waals surface area contributed by atoms with Crippen LogP contribution in [-0.4, -0.2) is 52.2 Å². The maximum Gasteiger partial charge on any atom is 0.451 e. The van der Waals surface area contributed by atoms with Gasteiger partial charge in [0.05, 0.1) is 10.9 Å². The monoisotopic (exact) mass is 526 g/mol. The number of pyridine rings is 1. The highest BCUT2D eigenvalue weighted by molar-refractivity contribution is 7.89. The van der Waals surface area contributed by atoms with E-state index >= 15 is 0 Å².